The van der Waals surface area contributed by atoms with Crippen LogP contribution >= 0.6 is 0 Å². The Kier molecular flexibility index (Phi) is 5.51. The summed E-state index contributed by atoms with van der Waals surface area (Å²) in [6.07, 6.45) is 2.85. The fraction of sp³-hybridized carbons (Fsp3) is 0.188. The molecule has 1 aromatic carbocycles. The Morgan fingerprint density at radius 2 is 1.78 bits per heavy atom. The molecule has 0 aliphatic rings. The minimum absolute atomic E-state index is 0.00578. The zero-order chi connectivity index (χ0) is 16.7. The number of hydrogen-bond acceptors (Lipinski definition) is 7. The van der Waals surface area contributed by atoms with Crippen LogP contribution in [0.5, 0.6) is 0 Å². The van der Waals surface area contributed by atoms with Crippen LogP contribution in [0.15, 0.2) is 46.2 Å². The van der Waals surface area contributed by atoms with Gasteiger partial charge in [0.25, 0.3) is 0 Å². The van der Waals surface area contributed by atoms with Gasteiger partial charge in [0, 0.05) is 0 Å². The maximum Gasteiger partial charge on any atom is 0.341 e. The van der Waals surface area contributed by atoms with Crippen molar-refractivity contribution in [3.63, 3.8) is 0 Å². The first-order valence-corrected chi connectivity index (χ1v) is 6.64. The van der Waals surface area contributed by atoms with Gasteiger partial charge in [-0.15, -0.1) is 0 Å². The van der Waals surface area contributed by atoms with Gasteiger partial charge in [-0.1, -0.05) is 17.3 Å². The van der Waals surface area contributed by atoms with Crippen LogP contribution in [-0.4, -0.2) is 32.4 Å². The Morgan fingerprint density at radius 3 is 2.43 bits per heavy atom. The lowest BCUT2D eigenvalue weighted by Crippen LogP contribution is -2.03. The third kappa shape index (κ3) is 4.19. The normalized spacial score (nSPS) is 10.5. The van der Waals surface area contributed by atoms with E-state index in [1.54, 1.807) is 24.3 Å². The number of furan rings is 1. The first-order chi connectivity index (χ1) is 11.2. The Morgan fingerprint density at radius 1 is 1.09 bits per heavy atom. The SMILES string of the molecule is COC(=O)c1ccc(/C=N/OCc2occc2C(=O)OC)cc1. The lowest BCUT2D eigenvalue weighted by atomic mass is 10.1. The summed E-state index contributed by atoms with van der Waals surface area (Å²) in [6, 6.07) is 8.14. The molecule has 2 rings (SSSR count). The van der Waals surface area contributed by atoms with Crippen LogP contribution in [-0.2, 0) is 20.9 Å². The minimum Gasteiger partial charge on any atom is -0.465 e. The maximum atomic E-state index is 11.4. The summed E-state index contributed by atoms with van der Waals surface area (Å²) in [5.74, 6) is -0.576. The largest absolute Gasteiger partial charge is 0.465 e. The van der Waals surface area contributed by atoms with Crippen LogP contribution in [0.1, 0.15) is 32.0 Å². The maximum absolute atomic E-state index is 11.4. The first-order valence-electron chi connectivity index (χ1n) is 6.64. The van der Waals surface area contributed by atoms with Gasteiger partial charge in [0.1, 0.15) is 5.56 Å². The summed E-state index contributed by atoms with van der Waals surface area (Å²) in [5, 5.41) is 3.78. The van der Waals surface area contributed by atoms with E-state index in [0.717, 1.165) is 5.56 Å². The second kappa shape index (κ2) is 7.79. The molecule has 0 unspecified atom stereocenters. The van der Waals surface area contributed by atoms with E-state index >= 15 is 0 Å². The molecule has 120 valence electrons. The lowest BCUT2D eigenvalue weighted by Gasteiger charge is -2.00. The first kappa shape index (κ1) is 16.3. The van der Waals surface area contributed by atoms with E-state index in [0.29, 0.717) is 16.9 Å². The Labute approximate surface area is 132 Å². The van der Waals surface area contributed by atoms with Crippen molar-refractivity contribution in [3.8, 4) is 0 Å². The summed E-state index contributed by atoms with van der Waals surface area (Å²) < 4.78 is 14.4. The van der Waals surface area contributed by atoms with Gasteiger partial charge in [0.2, 0.25) is 0 Å². The monoisotopic (exact) mass is 317 g/mol. The van der Waals surface area contributed by atoms with Gasteiger partial charge >= 0.3 is 11.9 Å². The summed E-state index contributed by atoms with van der Waals surface area (Å²) in [4.78, 5) is 27.8. The van der Waals surface area contributed by atoms with Gasteiger partial charge in [-0.3, -0.25) is 0 Å². The third-order valence-electron chi connectivity index (χ3n) is 2.95. The standard InChI is InChI=1S/C16H15NO6/c1-20-15(18)12-5-3-11(4-6-12)9-17-23-10-14-13(7-8-22-14)16(19)21-2/h3-9H,10H2,1-2H3/b17-9+. The van der Waals surface area contributed by atoms with Crippen LogP contribution in [0.4, 0.5) is 0 Å². The van der Waals surface area contributed by atoms with Crippen molar-refractivity contribution in [1.29, 1.82) is 0 Å². The fourth-order valence-corrected chi connectivity index (χ4v) is 1.76. The highest BCUT2D eigenvalue weighted by Gasteiger charge is 2.15. The molecule has 0 bridgehead atoms. The van der Waals surface area contributed by atoms with Crippen LogP contribution < -0.4 is 0 Å². The van der Waals surface area contributed by atoms with Gasteiger partial charge in [0.05, 0.1) is 32.3 Å². The lowest BCUT2D eigenvalue weighted by molar-refractivity contribution is 0.0583. The number of nitrogens with zero attached hydrogens (tertiary/aromatic N) is 1. The summed E-state index contributed by atoms with van der Waals surface area (Å²) in [6.45, 7) is -0.00578. The van der Waals surface area contributed by atoms with Gasteiger partial charge in [-0.25, -0.2) is 9.59 Å². The summed E-state index contributed by atoms with van der Waals surface area (Å²) >= 11 is 0. The average Bonchev–Trinajstić information content (AvgIpc) is 3.06. The van der Waals surface area contributed by atoms with Crippen molar-refractivity contribution in [2.75, 3.05) is 14.2 Å². The van der Waals surface area contributed by atoms with Crippen molar-refractivity contribution in [1.82, 2.24) is 0 Å². The highest BCUT2D eigenvalue weighted by Crippen LogP contribution is 2.13. The van der Waals surface area contributed by atoms with Crippen molar-refractivity contribution in [2.24, 2.45) is 5.16 Å². The molecule has 7 nitrogen and oxygen atoms in total. The second-order valence-corrected chi connectivity index (χ2v) is 4.37. The van der Waals surface area contributed by atoms with E-state index in [2.05, 4.69) is 14.6 Å². The number of hydrogen-bond donors (Lipinski definition) is 0. The molecule has 7 heteroatoms. The molecular weight excluding hydrogens is 302 g/mol. The van der Waals surface area contributed by atoms with Crippen molar-refractivity contribution < 1.29 is 28.3 Å². The van der Waals surface area contributed by atoms with E-state index in [1.807, 2.05) is 0 Å². The average molecular weight is 317 g/mol. The van der Waals surface area contributed by atoms with E-state index < -0.39 is 11.9 Å². The zero-order valence-electron chi connectivity index (χ0n) is 12.6. The summed E-state index contributed by atoms with van der Waals surface area (Å²) in [7, 11) is 2.61. The zero-order valence-corrected chi connectivity index (χ0v) is 12.6. The Bertz CT molecular complexity index is 702. The van der Waals surface area contributed by atoms with E-state index in [-0.39, 0.29) is 6.61 Å². The van der Waals surface area contributed by atoms with Crippen LogP contribution in [0.25, 0.3) is 0 Å². The molecule has 23 heavy (non-hydrogen) atoms. The number of esters is 2. The van der Waals surface area contributed by atoms with Crippen molar-refractivity contribution in [3.05, 3.63) is 59.0 Å². The molecule has 0 radical (unpaired) electrons. The highest BCUT2D eigenvalue weighted by atomic mass is 16.6. The predicted molar refractivity (Wildman–Crippen MR) is 80.2 cm³/mol. The van der Waals surface area contributed by atoms with Crippen molar-refractivity contribution in [2.45, 2.75) is 6.61 Å². The highest BCUT2D eigenvalue weighted by molar-refractivity contribution is 5.91. The van der Waals surface area contributed by atoms with Gasteiger partial charge in [0.15, 0.2) is 12.4 Å². The Balaban J connectivity index is 1.91. The molecule has 2 aromatic rings. The number of rotatable bonds is 6. The molecule has 0 atom stereocenters. The number of carbonyl (C=O) groups is 2. The Hall–Kier alpha value is -3.09. The quantitative estimate of drug-likeness (QED) is 0.462. The molecule has 0 saturated heterocycles. The van der Waals surface area contributed by atoms with E-state index in [4.69, 9.17) is 9.25 Å². The molecule has 0 N–H and O–H groups in total. The van der Waals surface area contributed by atoms with Crippen LogP contribution in [0.2, 0.25) is 0 Å². The third-order valence-corrected chi connectivity index (χ3v) is 2.95. The molecule has 0 amide bonds. The smallest absolute Gasteiger partial charge is 0.341 e. The van der Waals surface area contributed by atoms with Gasteiger partial charge in [-0.2, -0.15) is 0 Å². The second-order valence-electron chi connectivity index (χ2n) is 4.37. The number of methoxy groups -OCH3 is 2. The van der Waals surface area contributed by atoms with Gasteiger partial charge in [-0.05, 0) is 23.8 Å². The topological polar surface area (TPSA) is 87.3 Å². The van der Waals surface area contributed by atoms with Gasteiger partial charge < -0.3 is 18.7 Å². The number of ether oxygens (including phenoxy) is 2. The van der Waals surface area contributed by atoms with E-state index in [9.17, 15) is 9.59 Å². The minimum atomic E-state index is -0.500. The summed E-state index contributed by atoms with van der Waals surface area (Å²) in [5.41, 5.74) is 1.49. The molecule has 1 heterocycles. The molecule has 0 spiro atoms. The number of oxime groups is 1. The molecule has 1 aromatic heterocycles. The number of carbonyl (C=O) groups excluding carboxylic acids is 2. The fourth-order valence-electron chi connectivity index (χ4n) is 1.76. The molecule has 0 saturated carbocycles. The molecule has 0 aliphatic carbocycles. The van der Waals surface area contributed by atoms with Crippen molar-refractivity contribution >= 4 is 18.2 Å². The molecule has 0 aliphatic heterocycles. The van der Waals surface area contributed by atoms with E-state index in [1.165, 1.54) is 32.8 Å². The predicted octanol–water partition coefficient (Wildman–Crippen LogP) is 2.40. The van der Waals surface area contributed by atoms with Crippen LogP contribution in [0, 0.1) is 0 Å². The molecular formula is C16H15NO6. The molecule has 0 fully saturated rings. The van der Waals surface area contributed by atoms with Crippen LogP contribution in [0.3, 0.4) is 0 Å². The number of benzene rings is 1.